The van der Waals surface area contributed by atoms with Gasteiger partial charge >= 0.3 is 0 Å². The van der Waals surface area contributed by atoms with E-state index in [2.05, 4.69) is 52.0 Å². The maximum Gasteiger partial charge on any atom is 0.0950 e. The molecule has 2 aliphatic rings. The molecule has 0 aliphatic carbocycles. The molecule has 2 saturated heterocycles. The lowest BCUT2D eigenvalue weighted by Crippen LogP contribution is -2.51. The zero-order chi connectivity index (χ0) is 18.1. The number of hydrogen-bond donors (Lipinski definition) is 0. The topological polar surface area (TPSA) is 27.7 Å². The Morgan fingerprint density at radius 2 is 1.92 bits per heavy atom. The molecule has 0 N–H and O–H groups in total. The first-order valence-corrected chi connectivity index (χ1v) is 9.81. The molecule has 0 amide bonds. The van der Waals surface area contributed by atoms with Gasteiger partial charge in [0.25, 0.3) is 0 Å². The first-order chi connectivity index (χ1) is 11.9. The van der Waals surface area contributed by atoms with E-state index in [4.69, 9.17) is 14.2 Å². The first kappa shape index (κ1) is 18.9. The van der Waals surface area contributed by atoms with Crippen LogP contribution in [0.2, 0.25) is 0 Å². The third-order valence-corrected chi connectivity index (χ3v) is 6.98. The number of methoxy groups -OCH3 is 1. The van der Waals surface area contributed by atoms with Gasteiger partial charge in [-0.2, -0.15) is 0 Å². The van der Waals surface area contributed by atoms with Crippen molar-refractivity contribution >= 4 is 0 Å². The van der Waals surface area contributed by atoms with Crippen molar-refractivity contribution in [1.29, 1.82) is 0 Å². The molecule has 4 atom stereocenters. The lowest BCUT2D eigenvalue weighted by molar-refractivity contribution is -0.162. The number of benzene rings is 1. The minimum Gasteiger partial charge on any atom is -0.381 e. The molecule has 140 valence electrons. The van der Waals surface area contributed by atoms with Gasteiger partial charge in [0, 0.05) is 18.9 Å². The van der Waals surface area contributed by atoms with Crippen LogP contribution >= 0.6 is 0 Å². The highest BCUT2D eigenvalue weighted by Crippen LogP contribution is 2.61. The van der Waals surface area contributed by atoms with Gasteiger partial charge in [-0.25, -0.2) is 0 Å². The Morgan fingerprint density at radius 3 is 2.52 bits per heavy atom. The standard InChI is InChI=1S/C22H34O3/c1-6-18(23-5)20(3,4)22-14-13-21(7-2,25-22)19(15-22)24-16-17-11-9-8-10-12-17/h8-12,18-19H,6-7,13-16H2,1-5H3. The van der Waals surface area contributed by atoms with Gasteiger partial charge in [-0.1, -0.05) is 58.0 Å². The van der Waals surface area contributed by atoms with Crippen LogP contribution in [0.15, 0.2) is 30.3 Å². The van der Waals surface area contributed by atoms with Crippen LogP contribution in [0.4, 0.5) is 0 Å². The van der Waals surface area contributed by atoms with Crippen LogP contribution in [-0.2, 0) is 20.8 Å². The quantitative estimate of drug-likeness (QED) is 0.653. The van der Waals surface area contributed by atoms with Crippen molar-refractivity contribution in [2.45, 2.75) is 89.8 Å². The monoisotopic (exact) mass is 346 g/mol. The number of ether oxygens (including phenoxy) is 3. The molecule has 2 heterocycles. The lowest BCUT2D eigenvalue weighted by Gasteiger charge is -2.46. The molecule has 3 rings (SSSR count). The van der Waals surface area contributed by atoms with Gasteiger partial charge in [-0.05, 0) is 31.2 Å². The average Bonchev–Trinajstić information content (AvgIpc) is 3.18. The third-order valence-electron chi connectivity index (χ3n) is 6.98. The van der Waals surface area contributed by atoms with Gasteiger partial charge in [-0.15, -0.1) is 0 Å². The van der Waals surface area contributed by atoms with E-state index in [1.807, 2.05) is 13.2 Å². The molecular weight excluding hydrogens is 312 g/mol. The summed E-state index contributed by atoms with van der Waals surface area (Å²) in [6, 6.07) is 10.4. The van der Waals surface area contributed by atoms with Crippen molar-refractivity contribution in [1.82, 2.24) is 0 Å². The molecule has 1 aromatic carbocycles. The fourth-order valence-electron chi connectivity index (χ4n) is 5.20. The molecule has 3 nitrogen and oxygen atoms in total. The van der Waals surface area contributed by atoms with Crippen LogP contribution in [0.25, 0.3) is 0 Å². The Kier molecular flexibility index (Phi) is 5.30. The van der Waals surface area contributed by atoms with Crippen molar-refractivity contribution in [3.63, 3.8) is 0 Å². The van der Waals surface area contributed by atoms with Crippen molar-refractivity contribution in [2.75, 3.05) is 7.11 Å². The van der Waals surface area contributed by atoms with E-state index in [0.717, 1.165) is 32.1 Å². The highest BCUT2D eigenvalue weighted by molar-refractivity contribution is 5.17. The van der Waals surface area contributed by atoms with Crippen molar-refractivity contribution in [3.8, 4) is 0 Å². The van der Waals surface area contributed by atoms with E-state index < -0.39 is 0 Å². The van der Waals surface area contributed by atoms with E-state index in [9.17, 15) is 0 Å². The highest BCUT2D eigenvalue weighted by atomic mass is 16.6. The van der Waals surface area contributed by atoms with Crippen molar-refractivity contribution in [3.05, 3.63) is 35.9 Å². The van der Waals surface area contributed by atoms with Gasteiger partial charge in [0.2, 0.25) is 0 Å². The van der Waals surface area contributed by atoms with Crippen LogP contribution < -0.4 is 0 Å². The van der Waals surface area contributed by atoms with Crippen LogP contribution in [0.5, 0.6) is 0 Å². The zero-order valence-corrected chi connectivity index (χ0v) is 16.5. The Morgan fingerprint density at radius 1 is 1.20 bits per heavy atom. The number of fused-ring (bicyclic) bond motifs is 2. The molecule has 0 spiro atoms. The fraction of sp³-hybridized carbons (Fsp3) is 0.727. The van der Waals surface area contributed by atoms with E-state index in [-0.39, 0.29) is 28.8 Å². The predicted molar refractivity (Wildman–Crippen MR) is 101 cm³/mol. The van der Waals surface area contributed by atoms with Gasteiger partial charge in [0.15, 0.2) is 0 Å². The molecule has 0 saturated carbocycles. The van der Waals surface area contributed by atoms with Gasteiger partial charge in [-0.3, -0.25) is 0 Å². The Bertz CT molecular complexity index is 566. The maximum atomic E-state index is 6.84. The lowest BCUT2D eigenvalue weighted by atomic mass is 9.63. The summed E-state index contributed by atoms with van der Waals surface area (Å²) in [6.45, 7) is 9.73. The Labute approximate surface area is 153 Å². The van der Waals surface area contributed by atoms with Crippen molar-refractivity contribution in [2.24, 2.45) is 5.41 Å². The molecule has 2 bridgehead atoms. The molecule has 1 aromatic rings. The molecule has 2 aliphatic heterocycles. The van der Waals surface area contributed by atoms with E-state index in [1.54, 1.807) is 0 Å². The summed E-state index contributed by atoms with van der Waals surface area (Å²) in [6.07, 6.45) is 5.55. The molecule has 3 heteroatoms. The molecule has 25 heavy (non-hydrogen) atoms. The first-order valence-electron chi connectivity index (χ1n) is 9.81. The summed E-state index contributed by atoms with van der Waals surface area (Å²) in [5.74, 6) is 0. The second-order valence-electron chi connectivity index (χ2n) is 8.36. The highest BCUT2D eigenvalue weighted by Gasteiger charge is 2.67. The smallest absolute Gasteiger partial charge is 0.0950 e. The molecule has 0 aromatic heterocycles. The molecule has 2 fully saturated rings. The van der Waals surface area contributed by atoms with Crippen LogP contribution in [0, 0.1) is 5.41 Å². The molecule has 4 unspecified atom stereocenters. The van der Waals surface area contributed by atoms with Gasteiger partial charge < -0.3 is 14.2 Å². The minimum absolute atomic E-state index is 0.0295. The summed E-state index contributed by atoms with van der Waals surface area (Å²) in [5, 5.41) is 0. The average molecular weight is 347 g/mol. The number of hydrogen-bond acceptors (Lipinski definition) is 3. The molecule has 0 radical (unpaired) electrons. The summed E-state index contributed by atoms with van der Waals surface area (Å²) >= 11 is 0. The third kappa shape index (κ3) is 3.05. The summed E-state index contributed by atoms with van der Waals surface area (Å²) in [5.41, 5.74) is 0.936. The predicted octanol–water partition coefficient (Wildman–Crippen LogP) is 5.12. The van der Waals surface area contributed by atoms with Crippen LogP contribution in [-0.4, -0.2) is 30.5 Å². The zero-order valence-electron chi connectivity index (χ0n) is 16.5. The van der Waals surface area contributed by atoms with E-state index >= 15 is 0 Å². The van der Waals surface area contributed by atoms with Crippen molar-refractivity contribution < 1.29 is 14.2 Å². The molecular formula is C22H34O3. The second-order valence-corrected chi connectivity index (χ2v) is 8.36. The largest absolute Gasteiger partial charge is 0.381 e. The fourth-order valence-corrected chi connectivity index (χ4v) is 5.20. The summed E-state index contributed by atoms with van der Waals surface area (Å²) in [4.78, 5) is 0. The number of rotatable bonds is 8. The van der Waals surface area contributed by atoms with Crippen LogP contribution in [0.3, 0.4) is 0 Å². The minimum atomic E-state index is -0.138. The Balaban J connectivity index is 1.79. The summed E-state index contributed by atoms with van der Waals surface area (Å²) in [7, 11) is 1.83. The van der Waals surface area contributed by atoms with Gasteiger partial charge in [0.1, 0.15) is 0 Å². The normalized spacial score (nSPS) is 32.9. The Hall–Kier alpha value is -0.900. The SMILES string of the molecule is CCC(OC)C(C)(C)C12CCC(CC)(O1)C(OCc1ccccc1)C2. The maximum absolute atomic E-state index is 6.84. The van der Waals surface area contributed by atoms with Gasteiger partial charge in [0.05, 0.1) is 30.0 Å². The van der Waals surface area contributed by atoms with E-state index in [0.29, 0.717) is 6.61 Å². The summed E-state index contributed by atoms with van der Waals surface area (Å²) < 4.78 is 19.1. The van der Waals surface area contributed by atoms with E-state index in [1.165, 1.54) is 5.56 Å². The second kappa shape index (κ2) is 7.02. The van der Waals surface area contributed by atoms with Crippen LogP contribution in [0.1, 0.15) is 65.4 Å².